The van der Waals surface area contributed by atoms with Crippen molar-refractivity contribution in [2.45, 2.75) is 17.7 Å². The number of rotatable bonds is 6. The van der Waals surface area contributed by atoms with Crippen LogP contribution in [0.2, 0.25) is 10.0 Å². The maximum atomic E-state index is 12.8. The van der Waals surface area contributed by atoms with Gasteiger partial charge in [-0.25, -0.2) is 21.6 Å². The molecular formula is C14H18Cl2N2O4S2. The van der Waals surface area contributed by atoms with Crippen LogP contribution < -0.4 is 4.72 Å². The molecule has 24 heavy (non-hydrogen) atoms. The highest BCUT2D eigenvalue weighted by atomic mass is 35.5. The Hall–Kier alpha value is -0.640. The predicted molar refractivity (Wildman–Crippen MR) is 95.1 cm³/mol. The van der Waals surface area contributed by atoms with E-state index in [1.165, 1.54) is 22.5 Å². The largest absolute Gasteiger partial charge is 0.244 e. The number of benzene rings is 1. The summed E-state index contributed by atoms with van der Waals surface area (Å²) < 4.78 is 52.2. The molecule has 0 aromatic heterocycles. The molecule has 0 spiro atoms. The molecule has 1 heterocycles. The molecule has 1 aromatic carbocycles. The number of hydrogen-bond donors (Lipinski definition) is 1. The minimum absolute atomic E-state index is 0.00588. The van der Waals surface area contributed by atoms with E-state index in [0.29, 0.717) is 13.0 Å². The zero-order valence-electron chi connectivity index (χ0n) is 12.8. The normalized spacial score (nSPS) is 20.0. The highest BCUT2D eigenvalue weighted by Crippen LogP contribution is 2.32. The summed E-state index contributed by atoms with van der Waals surface area (Å²) in [5.41, 5.74) is 0. The Kier molecular flexibility index (Phi) is 6.33. The highest BCUT2D eigenvalue weighted by Gasteiger charge is 2.32. The summed E-state index contributed by atoms with van der Waals surface area (Å²) in [7, 11) is -7.32. The van der Waals surface area contributed by atoms with Crippen LogP contribution in [-0.4, -0.2) is 40.8 Å². The number of nitrogens with one attached hydrogen (secondary N) is 1. The van der Waals surface area contributed by atoms with Crippen molar-refractivity contribution < 1.29 is 16.8 Å². The fourth-order valence-corrected chi connectivity index (χ4v) is 5.40. The molecule has 0 unspecified atom stereocenters. The van der Waals surface area contributed by atoms with Crippen LogP contribution in [0.3, 0.4) is 0 Å². The first-order valence-corrected chi connectivity index (χ1v) is 11.0. The summed E-state index contributed by atoms with van der Waals surface area (Å²) in [5.74, 6) is -0.124. The van der Waals surface area contributed by atoms with Gasteiger partial charge in [0.2, 0.25) is 20.0 Å². The van der Waals surface area contributed by atoms with Crippen LogP contribution in [0.4, 0.5) is 0 Å². The average molecular weight is 413 g/mol. The first-order chi connectivity index (χ1) is 11.2. The maximum absolute atomic E-state index is 12.8. The van der Waals surface area contributed by atoms with Gasteiger partial charge in [-0.1, -0.05) is 35.8 Å². The molecule has 1 atom stereocenters. The van der Waals surface area contributed by atoms with E-state index in [-0.39, 0.29) is 33.9 Å². The minimum Gasteiger partial charge on any atom is -0.211 e. The number of nitrogens with zero attached hydrogens (tertiary/aromatic N) is 1. The van der Waals surface area contributed by atoms with E-state index in [1.807, 2.05) is 0 Å². The molecule has 10 heteroatoms. The van der Waals surface area contributed by atoms with Crippen molar-refractivity contribution in [1.29, 1.82) is 0 Å². The molecule has 1 saturated heterocycles. The molecule has 2 rings (SSSR count). The van der Waals surface area contributed by atoms with Crippen LogP contribution in [0.15, 0.2) is 35.1 Å². The fraction of sp³-hybridized carbons (Fsp3) is 0.429. The topological polar surface area (TPSA) is 83.6 Å². The van der Waals surface area contributed by atoms with Gasteiger partial charge in [0.15, 0.2) is 0 Å². The Morgan fingerprint density at radius 1 is 1.29 bits per heavy atom. The van der Waals surface area contributed by atoms with Gasteiger partial charge in [0.1, 0.15) is 4.90 Å². The second-order valence-electron chi connectivity index (χ2n) is 5.48. The SMILES string of the molecule is C=CS(=O)(=O)NC[C@H]1CCCN(S(=O)(=O)c2cccc(Cl)c2Cl)C1. The molecule has 6 nitrogen and oxygen atoms in total. The lowest BCUT2D eigenvalue weighted by Gasteiger charge is -2.32. The molecule has 1 aromatic rings. The summed E-state index contributed by atoms with van der Waals surface area (Å²) in [6, 6.07) is 4.46. The molecule has 1 aliphatic heterocycles. The van der Waals surface area contributed by atoms with Crippen molar-refractivity contribution in [3.05, 3.63) is 40.2 Å². The van der Waals surface area contributed by atoms with E-state index in [1.54, 1.807) is 0 Å². The Balaban J connectivity index is 2.16. The standard InChI is InChI=1S/C14H18Cl2N2O4S2/c1-2-23(19,20)17-9-11-5-4-8-18(10-11)24(21,22)13-7-3-6-12(15)14(13)16/h2-3,6-7,11,17H,1,4-5,8-10H2/t11-/m1/s1. The van der Waals surface area contributed by atoms with Crippen molar-refractivity contribution in [2.24, 2.45) is 5.92 Å². The number of hydrogen-bond acceptors (Lipinski definition) is 4. The van der Waals surface area contributed by atoms with Gasteiger partial charge in [0.05, 0.1) is 10.0 Å². The highest BCUT2D eigenvalue weighted by molar-refractivity contribution is 7.92. The lowest BCUT2D eigenvalue weighted by Crippen LogP contribution is -2.43. The molecule has 0 bridgehead atoms. The van der Waals surface area contributed by atoms with E-state index in [9.17, 15) is 16.8 Å². The van der Waals surface area contributed by atoms with E-state index in [2.05, 4.69) is 11.3 Å². The van der Waals surface area contributed by atoms with Crippen molar-refractivity contribution in [1.82, 2.24) is 9.03 Å². The Labute approximate surface area is 152 Å². The third-order valence-electron chi connectivity index (χ3n) is 3.81. The smallest absolute Gasteiger partial charge is 0.211 e. The number of piperidine rings is 1. The molecule has 0 aliphatic carbocycles. The molecule has 0 amide bonds. The molecule has 1 aliphatic rings. The van der Waals surface area contributed by atoms with Crippen molar-refractivity contribution in [3.63, 3.8) is 0 Å². The molecule has 134 valence electrons. The second kappa shape index (κ2) is 7.72. The van der Waals surface area contributed by atoms with Crippen LogP contribution in [0.1, 0.15) is 12.8 Å². The van der Waals surface area contributed by atoms with Crippen molar-refractivity contribution in [2.75, 3.05) is 19.6 Å². The van der Waals surface area contributed by atoms with Crippen LogP contribution >= 0.6 is 23.2 Å². The molecular weight excluding hydrogens is 395 g/mol. The molecule has 1 fully saturated rings. The summed E-state index contributed by atoms with van der Waals surface area (Å²) in [6.07, 6.45) is 1.37. The zero-order valence-corrected chi connectivity index (χ0v) is 15.9. The minimum atomic E-state index is -3.79. The van der Waals surface area contributed by atoms with E-state index >= 15 is 0 Å². The zero-order chi connectivity index (χ0) is 18.0. The van der Waals surface area contributed by atoms with E-state index < -0.39 is 20.0 Å². The fourth-order valence-electron chi connectivity index (χ4n) is 2.53. The van der Waals surface area contributed by atoms with E-state index in [4.69, 9.17) is 23.2 Å². The van der Waals surface area contributed by atoms with Gasteiger partial charge >= 0.3 is 0 Å². The van der Waals surface area contributed by atoms with Crippen LogP contribution in [0.5, 0.6) is 0 Å². The third-order valence-corrected chi connectivity index (χ3v) is 7.65. The molecule has 1 N–H and O–H groups in total. The van der Waals surface area contributed by atoms with E-state index in [0.717, 1.165) is 11.8 Å². The van der Waals surface area contributed by atoms with Crippen molar-refractivity contribution in [3.8, 4) is 0 Å². The monoisotopic (exact) mass is 412 g/mol. The van der Waals surface area contributed by atoms with Gasteiger partial charge in [-0.15, -0.1) is 0 Å². The van der Waals surface area contributed by atoms with Crippen LogP contribution in [0, 0.1) is 5.92 Å². The van der Waals surface area contributed by atoms with Gasteiger partial charge < -0.3 is 0 Å². The van der Waals surface area contributed by atoms with Gasteiger partial charge in [-0.05, 0) is 30.9 Å². The van der Waals surface area contributed by atoms with Gasteiger partial charge in [-0.3, -0.25) is 0 Å². The summed E-state index contributed by atoms with van der Waals surface area (Å²) in [4.78, 5) is -0.0380. The first kappa shape index (κ1) is 19.7. The Morgan fingerprint density at radius 3 is 2.67 bits per heavy atom. The number of sulfonamides is 2. The van der Waals surface area contributed by atoms with Gasteiger partial charge in [0, 0.05) is 25.0 Å². The van der Waals surface area contributed by atoms with Crippen LogP contribution in [-0.2, 0) is 20.0 Å². The molecule has 0 saturated carbocycles. The van der Waals surface area contributed by atoms with Crippen LogP contribution in [0.25, 0.3) is 0 Å². The molecule has 0 radical (unpaired) electrons. The second-order valence-corrected chi connectivity index (χ2v) is 9.89. The summed E-state index contributed by atoms with van der Waals surface area (Å²) >= 11 is 11.9. The lowest BCUT2D eigenvalue weighted by atomic mass is 10.0. The summed E-state index contributed by atoms with van der Waals surface area (Å²) in [6.45, 7) is 3.95. The van der Waals surface area contributed by atoms with Crippen molar-refractivity contribution >= 4 is 43.2 Å². The predicted octanol–water partition coefficient (Wildman–Crippen LogP) is 2.46. The Bertz CT molecular complexity index is 825. The first-order valence-electron chi connectivity index (χ1n) is 7.23. The van der Waals surface area contributed by atoms with Gasteiger partial charge in [-0.2, -0.15) is 4.31 Å². The third kappa shape index (κ3) is 4.50. The lowest BCUT2D eigenvalue weighted by molar-refractivity contribution is 0.267. The Morgan fingerprint density at radius 2 is 2.00 bits per heavy atom. The van der Waals surface area contributed by atoms with Gasteiger partial charge in [0.25, 0.3) is 0 Å². The number of halogens is 2. The average Bonchev–Trinajstić information content (AvgIpc) is 2.56. The maximum Gasteiger partial charge on any atom is 0.244 e. The summed E-state index contributed by atoms with van der Waals surface area (Å²) in [5, 5.41) is 0.995. The quantitative estimate of drug-likeness (QED) is 0.777.